The average Bonchev–Trinajstić information content (AvgIpc) is 3.21. The van der Waals surface area contributed by atoms with Crippen LogP contribution < -0.4 is 10.6 Å². The van der Waals surface area contributed by atoms with E-state index in [-0.39, 0.29) is 16.8 Å². The number of amides is 1. The van der Waals surface area contributed by atoms with Gasteiger partial charge in [0.15, 0.2) is 0 Å². The third-order valence-electron chi connectivity index (χ3n) is 6.39. The number of nitrogens with one attached hydrogen (secondary N) is 2. The standard InChI is InChI=1S/C21H33N3O3S/c1-15-7-6-8-20(16(15)2)22-17(3)21(25)23-18-9-11-19(12-10-18)28(26,27)24-13-4-5-14-24/h9-12,15-17,20,22H,4-8,13-14H2,1-3H3,(H,23,25)/t15-,16+,17-,20+/m0/s1. The van der Waals surface area contributed by atoms with Crippen molar-refractivity contribution < 1.29 is 13.2 Å². The highest BCUT2D eigenvalue weighted by molar-refractivity contribution is 7.89. The summed E-state index contributed by atoms with van der Waals surface area (Å²) in [6.45, 7) is 7.59. The van der Waals surface area contributed by atoms with Crippen molar-refractivity contribution in [1.29, 1.82) is 0 Å². The number of sulfonamides is 1. The molecule has 7 heteroatoms. The molecule has 1 aromatic rings. The lowest BCUT2D eigenvalue weighted by molar-refractivity contribution is -0.118. The monoisotopic (exact) mass is 407 g/mol. The summed E-state index contributed by atoms with van der Waals surface area (Å²) in [7, 11) is -3.42. The third-order valence-corrected chi connectivity index (χ3v) is 8.30. The fourth-order valence-electron chi connectivity index (χ4n) is 4.25. The van der Waals surface area contributed by atoms with E-state index in [0.29, 0.717) is 36.7 Å². The van der Waals surface area contributed by atoms with Gasteiger partial charge in [0.2, 0.25) is 15.9 Å². The van der Waals surface area contributed by atoms with Gasteiger partial charge in [-0.1, -0.05) is 26.7 Å². The van der Waals surface area contributed by atoms with Crippen LogP contribution in [0.25, 0.3) is 0 Å². The van der Waals surface area contributed by atoms with E-state index < -0.39 is 10.0 Å². The number of rotatable bonds is 6. The maximum absolute atomic E-state index is 12.6. The van der Waals surface area contributed by atoms with E-state index in [9.17, 15) is 13.2 Å². The first kappa shape index (κ1) is 21.3. The van der Waals surface area contributed by atoms with Crippen LogP contribution in [-0.4, -0.2) is 43.8 Å². The summed E-state index contributed by atoms with van der Waals surface area (Å²) in [4.78, 5) is 12.8. The Morgan fingerprint density at radius 2 is 1.71 bits per heavy atom. The van der Waals surface area contributed by atoms with Gasteiger partial charge in [0.05, 0.1) is 10.9 Å². The van der Waals surface area contributed by atoms with Crippen molar-refractivity contribution in [2.75, 3.05) is 18.4 Å². The van der Waals surface area contributed by atoms with Crippen molar-refractivity contribution in [2.45, 2.75) is 69.9 Å². The summed E-state index contributed by atoms with van der Waals surface area (Å²) in [5, 5.41) is 6.37. The van der Waals surface area contributed by atoms with E-state index in [0.717, 1.165) is 19.3 Å². The summed E-state index contributed by atoms with van der Waals surface area (Å²) >= 11 is 0. The zero-order valence-corrected chi connectivity index (χ0v) is 18.0. The van der Waals surface area contributed by atoms with Gasteiger partial charge >= 0.3 is 0 Å². The molecule has 1 amide bonds. The third kappa shape index (κ3) is 4.75. The van der Waals surface area contributed by atoms with Crippen molar-refractivity contribution >= 4 is 21.6 Å². The van der Waals surface area contributed by atoms with Crippen LogP contribution in [0.3, 0.4) is 0 Å². The molecule has 1 heterocycles. The number of hydrogen-bond acceptors (Lipinski definition) is 4. The zero-order chi connectivity index (χ0) is 20.3. The van der Waals surface area contributed by atoms with Gasteiger partial charge in [-0.05, 0) is 62.3 Å². The number of carbonyl (C=O) groups is 1. The average molecular weight is 408 g/mol. The Morgan fingerprint density at radius 3 is 2.36 bits per heavy atom. The van der Waals surface area contributed by atoms with Gasteiger partial charge in [-0.2, -0.15) is 4.31 Å². The van der Waals surface area contributed by atoms with E-state index in [1.54, 1.807) is 24.3 Å². The topological polar surface area (TPSA) is 78.5 Å². The summed E-state index contributed by atoms with van der Waals surface area (Å²) in [6.07, 6.45) is 5.39. The molecule has 3 rings (SSSR count). The molecule has 0 radical (unpaired) electrons. The summed E-state index contributed by atoms with van der Waals surface area (Å²) in [5.74, 6) is 1.13. The first-order chi connectivity index (χ1) is 13.3. The van der Waals surface area contributed by atoms with Crippen LogP contribution in [0.2, 0.25) is 0 Å². The van der Waals surface area contributed by atoms with Gasteiger partial charge in [0, 0.05) is 24.8 Å². The van der Waals surface area contributed by atoms with Crippen molar-refractivity contribution in [3.63, 3.8) is 0 Å². The molecule has 28 heavy (non-hydrogen) atoms. The molecule has 0 bridgehead atoms. The summed E-state index contributed by atoms with van der Waals surface area (Å²) in [5.41, 5.74) is 0.615. The molecule has 0 aromatic heterocycles. The molecular weight excluding hydrogens is 374 g/mol. The van der Waals surface area contributed by atoms with E-state index in [1.165, 1.54) is 17.1 Å². The number of nitrogens with zero attached hydrogens (tertiary/aromatic N) is 1. The van der Waals surface area contributed by atoms with Crippen molar-refractivity contribution in [3.05, 3.63) is 24.3 Å². The predicted molar refractivity (Wildman–Crippen MR) is 112 cm³/mol. The number of anilines is 1. The molecule has 0 spiro atoms. The van der Waals surface area contributed by atoms with Crippen LogP contribution in [0.4, 0.5) is 5.69 Å². The van der Waals surface area contributed by atoms with Crippen LogP contribution in [0.1, 0.15) is 52.9 Å². The van der Waals surface area contributed by atoms with Crippen LogP contribution in [-0.2, 0) is 14.8 Å². The summed E-state index contributed by atoms with van der Waals surface area (Å²) in [6, 6.07) is 6.54. The highest BCUT2D eigenvalue weighted by atomic mass is 32.2. The largest absolute Gasteiger partial charge is 0.325 e. The molecule has 1 aliphatic heterocycles. The Labute approximate surface area is 169 Å². The smallest absolute Gasteiger partial charge is 0.243 e. The lowest BCUT2D eigenvalue weighted by Crippen LogP contribution is -2.49. The van der Waals surface area contributed by atoms with Crippen molar-refractivity contribution in [1.82, 2.24) is 9.62 Å². The van der Waals surface area contributed by atoms with Crippen LogP contribution >= 0.6 is 0 Å². The Hall–Kier alpha value is -1.44. The summed E-state index contributed by atoms with van der Waals surface area (Å²) < 4.78 is 26.7. The van der Waals surface area contributed by atoms with Gasteiger partial charge in [0.1, 0.15) is 0 Å². The maximum atomic E-state index is 12.6. The first-order valence-corrected chi connectivity index (χ1v) is 11.9. The van der Waals surface area contributed by atoms with Crippen LogP contribution in [0.5, 0.6) is 0 Å². The normalized spacial score (nSPS) is 27.5. The van der Waals surface area contributed by atoms with Gasteiger partial charge in [-0.3, -0.25) is 4.79 Å². The van der Waals surface area contributed by atoms with Crippen molar-refractivity contribution in [2.24, 2.45) is 11.8 Å². The predicted octanol–water partition coefficient (Wildman–Crippen LogP) is 3.21. The second kappa shape index (κ2) is 8.93. The minimum atomic E-state index is -3.42. The molecule has 0 unspecified atom stereocenters. The Balaban J connectivity index is 1.58. The molecule has 2 N–H and O–H groups in total. The van der Waals surface area contributed by atoms with Crippen LogP contribution in [0, 0.1) is 11.8 Å². The van der Waals surface area contributed by atoms with Gasteiger partial charge in [-0.25, -0.2) is 8.42 Å². The molecule has 156 valence electrons. The van der Waals surface area contributed by atoms with Crippen LogP contribution in [0.15, 0.2) is 29.2 Å². The highest BCUT2D eigenvalue weighted by Gasteiger charge is 2.29. The molecule has 1 saturated carbocycles. The Bertz CT molecular complexity index is 773. The first-order valence-electron chi connectivity index (χ1n) is 10.5. The minimum Gasteiger partial charge on any atom is -0.325 e. The van der Waals surface area contributed by atoms with Gasteiger partial charge < -0.3 is 10.6 Å². The quantitative estimate of drug-likeness (QED) is 0.759. The van der Waals surface area contributed by atoms with E-state index in [2.05, 4.69) is 24.5 Å². The SMILES string of the molecule is C[C@@H]1[C@@H](C)CCC[C@H]1N[C@@H](C)C(=O)Nc1ccc(S(=O)(=O)N2CCCC2)cc1. The second-order valence-electron chi connectivity index (χ2n) is 8.39. The molecule has 1 saturated heterocycles. The molecule has 2 aliphatic rings. The zero-order valence-electron chi connectivity index (χ0n) is 17.1. The molecule has 6 nitrogen and oxygen atoms in total. The Kier molecular flexibility index (Phi) is 6.78. The number of carbonyl (C=O) groups excluding carboxylic acids is 1. The molecule has 4 atom stereocenters. The lowest BCUT2D eigenvalue weighted by atomic mass is 9.78. The fourth-order valence-corrected chi connectivity index (χ4v) is 5.77. The highest BCUT2D eigenvalue weighted by Crippen LogP contribution is 2.29. The Morgan fingerprint density at radius 1 is 1.07 bits per heavy atom. The molecule has 1 aromatic carbocycles. The van der Waals surface area contributed by atoms with Crippen molar-refractivity contribution in [3.8, 4) is 0 Å². The molecule has 2 fully saturated rings. The maximum Gasteiger partial charge on any atom is 0.243 e. The molecule has 1 aliphatic carbocycles. The minimum absolute atomic E-state index is 0.0967. The number of hydrogen-bond donors (Lipinski definition) is 2. The lowest BCUT2D eigenvalue weighted by Gasteiger charge is -2.36. The van der Waals surface area contributed by atoms with E-state index in [1.807, 2.05) is 6.92 Å². The fraction of sp³-hybridized carbons (Fsp3) is 0.667. The van der Waals surface area contributed by atoms with E-state index in [4.69, 9.17) is 0 Å². The van der Waals surface area contributed by atoms with Gasteiger partial charge in [0.25, 0.3) is 0 Å². The number of benzene rings is 1. The van der Waals surface area contributed by atoms with Gasteiger partial charge in [-0.15, -0.1) is 0 Å². The second-order valence-corrected chi connectivity index (χ2v) is 10.3. The van der Waals surface area contributed by atoms with E-state index >= 15 is 0 Å². The molecular formula is C21H33N3O3S.